The van der Waals surface area contributed by atoms with Gasteiger partial charge in [0.25, 0.3) is 5.91 Å². The van der Waals surface area contributed by atoms with Crippen LogP contribution in [-0.2, 0) is 6.61 Å². The Morgan fingerprint density at radius 2 is 2.11 bits per heavy atom. The Balaban J connectivity index is 2.26. The third kappa shape index (κ3) is 2.43. The molecule has 4 heteroatoms. The minimum absolute atomic E-state index is 0.0410. The third-order valence-electron chi connectivity index (χ3n) is 2.88. The molecule has 0 unspecified atom stereocenters. The first-order valence-corrected chi connectivity index (χ1v) is 5.66. The Kier molecular flexibility index (Phi) is 3.48. The predicted octanol–water partition coefficient (Wildman–Crippen LogP) is 2.64. The number of hydrogen-bond donors (Lipinski definition) is 2. The van der Waals surface area contributed by atoms with E-state index in [0.717, 1.165) is 16.7 Å². The molecule has 0 saturated carbocycles. The van der Waals surface area contributed by atoms with Crippen LogP contribution in [0, 0.1) is 13.8 Å². The fraction of sp³-hybridized carbons (Fsp3) is 0.214. The van der Waals surface area contributed by atoms with Gasteiger partial charge in [-0.2, -0.15) is 0 Å². The van der Waals surface area contributed by atoms with Crippen LogP contribution >= 0.6 is 0 Å². The minimum Gasteiger partial charge on any atom is -0.472 e. The highest BCUT2D eigenvalue weighted by Gasteiger charge is 2.10. The van der Waals surface area contributed by atoms with E-state index in [1.54, 1.807) is 12.1 Å². The summed E-state index contributed by atoms with van der Waals surface area (Å²) in [5, 5.41) is 12.0. The molecule has 0 spiro atoms. The van der Waals surface area contributed by atoms with Crippen LogP contribution in [0.4, 0.5) is 5.69 Å². The molecule has 2 N–H and O–H groups in total. The molecule has 1 amide bonds. The second-order valence-electron chi connectivity index (χ2n) is 4.22. The molecule has 0 bridgehead atoms. The summed E-state index contributed by atoms with van der Waals surface area (Å²) in [6.07, 6.45) is 2.85. The summed E-state index contributed by atoms with van der Waals surface area (Å²) < 4.78 is 4.87. The van der Waals surface area contributed by atoms with Crippen molar-refractivity contribution < 1.29 is 14.3 Å². The van der Waals surface area contributed by atoms with Gasteiger partial charge >= 0.3 is 0 Å². The van der Waals surface area contributed by atoms with E-state index in [1.165, 1.54) is 12.5 Å². The molecule has 1 aromatic heterocycles. The van der Waals surface area contributed by atoms with Crippen LogP contribution in [0.5, 0.6) is 0 Å². The largest absolute Gasteiger partial charge is 0.472 e. The molecule has 2 aromatic rings. The second kappa shape index (κ2) is 5.06. The van der Waals surface area contributed by atoms with Crippen LogP contribution in [0.1, 0.15) is 27.0 Å². The molecule has 0 aliphatic rings. The fourth-order valence-electron chi connectivity index (χ4n) is 1.79. The maximum absolute atomic E-state index is 11.9. The van der Waals surface area contributed by atoms with E-state index in [-0.39, 0.29) is 12.5 Å². The topological polar surface area (TPSA) is 62.5 Å². The lowest BCUT2D eigenvalue weighted by molar-refractivity contribution is 0.102. The highest BCUT2D eigenvalue weighted by molar-refractivity contribution is 6.04. The van der Waals surface area contributed by atoms with E-state index < -0.39 is 0 Å². The first kappa shape index (κ1) is 12.4. The fourth-order valence-corrected chi connectivity index (χ4v) is 1.79. The zero-order chi connectivity index (χ0) is 13.1. The molecule has 0 atom stereocenters. The van der Waals surface area contributed by atoms with Gasteiger partial charge in [-0.1, -0.05) is 6.07 Å². The average Bonchev–Trinajstić information content (AvgIpc) is 2.86. The minimum atomic E-state index is -0.223. The standard InChI is InChI=1S/C14H15NO3/c1-9-5-10(2)13(6-12(9)7-16)15-14(17)11-3-4-18-8-11/h3-6,8,16H,7H2,1-2H3,(H,15,17). The number of aliphatic hydroxyl groups excluding tert-OH is 1. The molecule has 2 rings (SSSR count). The molecule has 0 fully saturated rings. The van der Waals surface area contributed by atoms with E-state index in [2.05, 4.69) is 5.32 Å². The number of benzene rings is 1. The van der Waals surface area contributed by atoms with E-state index in [1.807, 2.05) is 19.9 Å². The number of aliphatic hydroxyl groups is 1. The molecule has 1 aromatic carbocycles. The predicted molar refractivity (Wildman–Crippen MR) is 68.5 cm³/mol. The van der Waals surface area contributed by atoms with Crippen LogP contribution in [0.3, 0.4) is 0 Å². The molecule has 0 aliphatic carbocycles. The lowest BCUT2D eigenvalue weighted by atomic mass is 10.0. The van der Waals surface area contributed by atoms with Gasteiger partial charge in [0.15, 0.2) is 0 Å². The van der Waals surface area contributed by atoms with Gasteiger partial charge in [0, 0.05) is 5.69 Å². The van der Waals surface area contributed by atoms with Crippen molar-refractivity contribution in [2.75, 3.05) is 5.32 Å². The molecule has 0 aliphatic heterocycles. The molecule has 4 nitrogen and oxygen atoms in total. The summed E-state index contributed by atoms with van der Waals surface area (Å²) in [5.74, 6) is -0.223. The number of anilines is 1. The van der Waals surface area contributed by atoms with E-state index in [9.17, 15) is 9.90 Å². The number of amides is 1. The first-order valence-electron chi connectivity index (χ1n) is 5.66. The van der Waals surface area contributed by atoms with Crippen molar-refractivity contribution in [3.05, 3.63) is 53.0 Å². The Morgan fingerprint density at radius 3 is 2.72 bits per heavy atom. The molecular formula is C14H15NO3. The quantitative estimate of drug-likeness (QED) is 0.873. The van der Waals surface area contributed by atoms with Gasteiger partial charge in [0.1, 0.15) is 6.26 Å². The van der Waals surface area contributed by atoms with Crippen molar-refractivity contribution in [3.63, 3.8) is 0 Å². The third-order valence-corrected chi connectivity index (χ3v) is 2.88. The number of nitrogens with one attached hydrogen (secondary N) is 1. The number of aryl methyl sites for hydroxylation is 2. The second-order valence-corrected chi connectivity index (χ2v) is 4.22. The van der Waals surface area contributed by atoms with Gasteiger partial charge in [-0.15, -0.1) is 0 Å². The Morgan fingerprint density at radius 1 is 1.33 bits per heavy atom. The van der Waals surface area contributed by atoms with Crippen molar-refractivity contribution >= 4 is 11.6 Å². The van der Waals surface area contributed by atoms with Crippen LogP contribution in [0.2, 0.25) is 0 Å². The summed E-state index contributed by atoms with van der Waals surface area (Å²) in [6, 6.07) is 5.34. The summed E-state index contributed by atoms with van der Waals surface area (Å²) >= 11 is 0. The van der Waals surface area contributed by atoms with Crippen LogP contribution in [-0.4, -0.2) is 11.0 Å². The molecule has 1 heterocycles. The molecular weight excluding hydrogens is 230 g/mol. The molecule has 94 valence electrons. The van der Waals surface area contributed by atoms with E-state index in [0.29, 0.717) is 11.3 Å². The highest BCUT2D eigenvalue weighted by atomic mass is 16.3. The SMILES string of the molecule is Cc1cc(C)c(NC(=O)c2ccoc2)cc1CO. The molecule has 0 saturated heterocycles. The van der Waals surface area contributed by atoms with Gasteiger partial charge in [-0.3, -0.25) is 4.79 Å². The van der Waals surface area contributed by atoms with Crippen molar-refractivity contribution in [1.82, 2.24) is 0 Å². The van der Waals surface area contributed by atoms with Gasteiger partial charge in [-0.25, -0.2) is 0 Å². The number of furan rings is 1. The number of hydrogen-bond acceptors (Lipinski definition) is 3. The molecule has 0 radical (unpaired) electrons. The van der Waals surface area contributed by atoms with Gasteiger partial charge in [-0.05, 0) is 42.7 Å². The smallest absolute Gasteiger partial charge is 0.258 e. The normalized spacial score (nSPS) is 10.4. The van der Waals surface area contributed by atoms with Crippen molar-refractivity contribution in [2.45, 2.75) is 20.5 Å². The highest BCUT2D eigenvalue weighted by Crippen LogP contribution is 2.21. The Labute approximate surface area is 105 Å². The van der Waals surface area contributed by atoms with Crippen LogP contribution < -0.4 is 5.32 Å². The zero-order valence-corrected chi connectivity index (χ0v) is 10.4. The van der Waals surface area contributed by atoms with Crippen molar-refractivity contribution in [1.29, 1.82) is 0 Å². The lowest BCUT2D eigenvalue weighted by Gasteiger charge is -2.11. The van der Waals surface area contributed by atoms with E-state index >= 15 is 0 Å². The van der Waals surface area contributed by atoms with Crippen LogP contribution in [0.15, 0.2) is 35.1 Å². The summed E-state index contributed by atoms with van der Waals surface area (Å²) in [7, 11) is 0. The average molecular weight is 245 g/mol. The number of carbonyl (C=O) groups excluding carboxylic acids is 1. The van der Waals surface area contributed by atoms with Gasteiger partial charge in [0.05, 0.1) is 18.4 Å². The summed E-state index contributed by atoms with van der Waals surface area (Å²) in [6.45, 7) is 3.81. The first-order chi connectivity index (χ1) is 8.61. The maximum Gasteiger partial charge on any atom is 0.258 e. The van der Waals surface area contributed by atoms with Crippen LogP contribution in [0.25, 0.3) is 0 Å². The van der Waals surface area contributed by atoms with Crippen molar-refractivity contribution in [3.8, 4) is 0 Å². The van der Waals surface area contributed by atoms with Gasteiger partial charge in [0.2, 0.25) is 0 Å². The van der Waals surface area contributed by atoms with Crippen molar-refractivity contribution in [2.24, 2.45) is 0 Å². The Bertz CT molecular complexity index is 559. The van der Waals surface area contributed by atoms with Gasteiger partial charge < -0.3 is 14.8 Å². The summed E-state index contributed by atoms with van der Waals surface area (Å²) in [5.41, 5.74) is 3.96. The lowest BCUT2D eigenvalue weighted by Crippen LogP contribution is -2.12. The zero-order valence-electron chi connectivity index (χ0n) is 10.4. The summed E-state index contributed by atoms with van der Waals surface area (Å²) in [4.78, 5) is 11.9. The molecule has 18 heavy (non-hydrogen) atoms. The number of rotatable bonds is 3. The monoisotopic (exact) mass is 245 g/mol. The maximum atomic E-state index is 11.9. The number of carbonyl (C=O) groups is 1. The Hall–Kier alpha value is -2.07. The van der Waals surface area contributed by atoms with E-state index in [4.69, 9.17) is 4.42 Å².